The molecule has 1 N–H and O–H groups in total. The van der Waals surface area contributed by atoms with Gasteiger partial charge in [-0.15, -0.1) is 0 Å². The van der Waals surface area contributed by atoms with E-state index in [1.165, 1.54) is 12.4 Å². The van der Waals surface area contributed by atoms with E-state index in [0.29, 0.717) is 23.5 Å². The van der Waals surface area contributed by atoms with Gasteiger partial charge in [-0.05, 0) is 12.8 Å². The number of aromatic nitrogens is 3. The molecule has 2 heterocycles. The molecule has 102 valence electrons. The quantitative estimate of drug-likeness (QED) is 0.849. The van der Waals surface area contributed by atoms with E-state index in [-0.39, 0.29) is 17.6 Å². The van der Waals surface area contributed by atoms with Gasteiger partial charge in [0.2, 0.25) is 5.43 Å². The molecule has 0 unspecified atom stereocenters. The lowest BCUT2D eigenvalue weighted by molar-refractivity contribution is 0.0524. The SMILES string of the molecule is CCOC(=O)c1c[nH]c2c(cnn2CC(C)C)c1=O. The van der Waals surface area contributed by atoms with Crippen LogP contribution in [0, 0.1) is 5.92 Å². The van der Waals surface area contributed by atoms with Crippen molar-refractivity contribution in [3.63, 3.8) is 0 Å². The molecule has 0 spiro atoms. The van der Waals surface area contributed by atoms with Crippen molar-refractivity contribution >= 4 is 17.0 Å². The molecule has 0 aromatic carbocycles. The van der Waals surface area contributed by atoms with E-state index in [2.05, 4.69) is 23.9 Å². The Balaban J connectivity index is 2.49. The fourth-order valence-corrected chi connectivity index (χ4v) is 1.90. The van der Waals surface area contributed by atoms with Gasteiger partial charge in [0.05, 0.1) is 18.2 Å². The molecule has 6 nitrogen and oxygen atoms in total. The van der Waals surface area contributed by atoms with Crippen molar-refractivity contribution in [2.45, 2.75) is 27.3 Å². The summed E-state index contributed by atoms with van der Waals surface area (Å²) in [7, 11) is 0. The molecule has 0 aliphatic heterocycles. The summed E-state index contributed by atoms with van der Waals surface area (Å²) in [5.41, 5.74) is 0.299. The molecule has 19 heavy (non-hydrogen) atoms. The molecule has 2 aromatic rings. The molecule has 0 saturated carbocycles. The minimum atomic E-state index is -0.609. The number of H-pyrrole nitrogens is 1. The number of hydrogen-bond donors (Lipinski definition) is 1. The lowest BCUT2D eigenvalue weighted by Crippen LogP contribution is -2.18. The highest BCUT2D eigenvalue weighted by Crippen LogP contribution is 2.10. The number of nitrogens with zero attached hydrogens (tertiary/aromatic N) is 2. The van der Waals surface area contributed by atoms with Crippen LogP contribution in [-0.4, -0.2) is 27.3 Å². The molecule has 0 saturated heterocycles. The van der Waals surface area contributed by atoms with Crippen molar-refractivity contribution in [3.8, 4) is 0 Å². The average molecular weight is 263 g/mol. The van der Waals surface area contributed by atoms with Gasteiger partial charge in [-0.1, -0.05) is 13.8 Å². The Morgan fingerprint density at radius 1 is 1.53 bits per heavy atom. The number of aromatic amines is 1. The highest BCUT2D eigenvalue weighted by molar-refractivity contribution is 5.92. The zero-order valence-corrected chi connectivity index (χ0v) is 11.3. The number of rotatable bonds is 4. The second-order valence-electron chi connectivity index (χ2n) is 4.73. The van der Waals surface area contributed by atoms with Crippen LogP contribution >= 0.6 is 0 Å². The van der Waals surface area contributed by atoms with E-state index >= 15 is 0 Å². The van der Waals surface area contributed by atoms with Crippen LogP contribution in [0.15, 0.2) is 17.2 Å². The molecule has 0 radical (unpaired) electrons. The molecule has 2 aromatic heterocycles. The number of esters is 1. The van der Waals surface area contributed by atoms with Gasteiger partial charge >= 0.3 is 5.97 Å². The van der Waals surface area contributed by atoms with Crippen LogP contribution in [0.4, 0.5) is 0 Å². The summed E-state index contributed by atoms with van der Waals surface area (Å²) in [6.07, 6.45) is 2.88. The third kappa shape index (κ3) is 2.52. The predicted molar refractivity (Wildman–Crippen MR) is 71.1 cm³/mol. The van der Waals surface area contributed by atoms with Crippen LogP contribution in [0.1, 0.15) is 31.1 Å². The summed E-state index contributed by atoms with van der Waals surface area (Å²) in [6.45, 7) is 6.78. The highest BCUT2D eigenvalue weighted by Gasteiger charge is 2.16. The van der Waals surface area contributed by atoms with Crippen molar-refractivity contribution in [1.82, 2.24) is 14.8 Å². The maximum atomic E-state index is 12.2. The third-order valence-corrected chi connectivity index (χ3v) is 2.72. The van der Waals surface area contributed by atoms with Gasteiger partial charge in [-0.3, -0.25) is 4.79 Å². The van der Waals surface area contributed by atoms with E-state index in [1.807, 2.05) is 0 Å². The number of ether oxygens (including phenoxy) is 1. The van der Waals surface area contributed by atoms with Gasteiger partial charge in [0.25, 0.3) is 0 Å². The number of hydrogen-bond acceptors (Lipinski definition) is 4. The van der Waals surface area contributed by atoms with E-state index in [1.54, 1.807) is 11.6 Å². The Labute approximate surface area is 110 Å². The average Bonchev–Trinajstić information content (AvgIpc) is 2.73. The zero-order valence-electron chi connectivity index (χ0n) is 11.3. The van der Waals surface area contributed by atoms with Crippen LogP contribution < -0.4 is 5.43 Å². The first-order chi connectivity index (χ1) is 9.04. The van der Waals surface area contributed by atoms with Crippen LogP contribution in [-0.2, 0) is 11.3 Å². The van der Waals surface area contributed by atoms with Crippen molar-refractivity contribution in [2.75, 3.05) is 6.61 Å². The summed E-state index contributed by atoms with van der Waals surface area (Å²) in [4.78, 5) is 26.7. The number of fused-ring (bicyclic) bond motifs is 1. The lowest BCUT2D eigenvalue weighted by atomic mass is 10.2. The monoisotopic (exact) mass is 263 g/mol. The van der Waals surface area contributed by atoms with Crippen LogP contribution in [0.5, 0.6) is 0 Å². The Bertz CT molecular complexity index is 655. The normalized spacial score (nSPS) is 11.2. The summed E-state index contributed by atoms with van der Waals surface area (Å²) in [5, 5.41) is 4.58. The zero-order chi connectivity index (χ0) is 14.0. The molecule has 0 bridgehead atoms. The number of carbonyl (C=O) groups is 1. The van der Waals surface area contributed by atoms with E-state index in [0.717, 1.165) is 0 Å². The molecule has 6 heteroatoms. The van der Waals surface area contributed by atoms with Gasteiger partial charge in [0.15, 0.2) is 0 Å². The van der Waals surface area contributed by atoms with Crippen LogP contribution in [0.25, 0.3) is 11.0 Å². The van der Waals surface area contributed by atoms with Crippen molar-refractivity contribution < 1.29 is 9.53 Å². The molecule has 0 aliphatic carbocycles. The Morgan fingerprint density at radius 2 is 2.26 bits per heavy atom. The highest BCUT2D eigenvalue weighted by atomic mass is 16.5. The van der Waals surface area contributed by atoms with Crippen LogP contribution in [0.3, 0.4) is 0 Å². The van der Waals surface area contributed by atoms with E-state index < -0.39 is 5.97 Å². The second-order valence-corrected chi connectivity index (χ2v) is 4.73. The fraction of sp³-hybridized carbons (Fsp3) is 0.462. The van der Waals surface area contributed by atoms with Crippen LogP contribution in [0.2, 0.25) is 0 Å². The maximum Gasteiger partial charge on any atom is 0.343 e. The topological polar surface area (TPSA) is 77.0 Å². The largest absolute Gasteiger partial charge is 0.462 e. The molecule has 2 rings (SSSR count). The first-order valence-corrected chi connectivity index (χ1v) is 6.29. The van der Waals surface area contributed by atoms with Gasteiger partial charge in [-0.25, -0.2) is 9.48 Å². The predicted octanol–water partition coefficient (Wildman–Crippen LogP) is 1.56. The molecule has 0 fully saturated rings. The van der Waals surface area contributed by atoms with Gasteiger partial charge in [-0.2, -0.15) is 5.10 Å². The summed E-state index contributed by atoms with van der Waals surface area (Å²) in [5.74, 6) is -0.196. The fourth-order valence-electron chi connectivity index (χ4n) is 1.90. The first kappa shape index (κ1) is 13.3. The van der Waals surface area contributed by atoms with Gasteiger partial charge in [0.1, 0.15) is 11.2 Å². The Hall–Kier alpha value is -2.11. The Kier molecular flexibility index (Phi) is 3.69. The van der Waals surface area contributed by atoms with Gasteiger partial charge < -0.3 is 9.72 Å². The summed E-state index contributed by atoms with van der Waals surface area (Å²) in [6, 6.07) is 0. The standard InChI is InChI=1S/C13H17N3O3/c1-4-19-13(18)10-5-14-12-9(11(10)17)6-15-16(12)7-8(2)3/h5-6,8H,4,7H2,1-3H3,(H,14,17). The summed E-state index contributed by atoms with van der Waals surface area (Å²) >= 11 is 0. The minimum Gasteiger partial charge on any atom is -0.462 e. The van der Waals surface area contributed by atoms with Crippen molar-refractivity contribution in [1.29, 1.82) is 0 Å². The second kappa shape index (κ2) is 5.26. The molecule has 0 atom stereocenters. The number of nitrogens with one attached hydrogen (secondary N) is 1. The van der Waals surface area contributed by atoms with Crippen molar-refractivity contribution in [3.05, 3.63) is 28.2 Å². The minimum absolute atomic E-state index is 0.0125. The molecular formula is C13H17N3O3. The molecule has 0 amide bonds. The molecule has 0 aliphatic rings. The molecular weight excluding hydrogens is 246 g/mol. The Morgan fingerprint density at radius 3 is 2.89 bits per heavy atom. The number of pyridine rings is 1. The number of carbonyl (C=O) groups excluding carboxylic acids is 1. The smallest absolute Gasteiger partial charge is 0.343 e. The van der Waals surface area contributed by atoms with E-state index in [4.69, 9.17) is 4.74 Å². The third-order valence-electron chi connectivity index (χ3n) is 2.72. The summed E-state index contributed by atoms with van der Waals surface area (Å²) < 4.78 is 6.58. The lowest BCUT2D eigenvalue weighted by Gasteiger charge is -2.06. The van der Waals surface area contributed by atoms with Crippen molar-refractivity contribution in [2.24, 2.45) is 5.92 Å². The van der Waals surface area contributed by atoms with Gasteiger partial charge in [0, 0.05) is 12.7 Å². The van der Waals surface area contributed by atoms with E-state index in [9.17, 15) is 9.59 Å². The first-order valence-electron chi connectivity index (χ1n) is 6.29. The maximum absolute atomic E-state index is 12.2.